The van der Waals surface area contributed by atoms with Crippen molar-refractivity contribution in [3.05, 3.63) is 77.7 Å². The Hall–Kier alpha value is -2.99. The van der Waals surface area contributed by atoms with Crippen LogP contribution in [0.25, 0.3) is 11.3 Å². The molecule has 0 bridgehead atoms. The highest BCUT2D eigenvalue weighted by atomic mass is 19.1. The fourth-order valence-corrected chi connectivity index (χ4v) is 3.78. The lowest BCUT2D eigenvalue weighted by Gasteiger charge is -2.38. The summed E-state index contributed by atoms with van der Waals surface area (Å²) in [6.07, 6.45) is 3.00. The van der Waals surface area contributed by atoms with E-state index in [1.165, 1.54) is 12.3 Å². The molecular weight excluding hydrogens is 357 g/mol. The molecule has 1 aliphatic heterocycles. The minimum Gasteiger partial charge on any atom is -0.381 e. The highest BCUT2D eigenvalue weighted by Crippen LogP contribution is 2.34. The third-order valence-corrected chi connectivity index (χ3v) is 5.42. The van der Waals surface area contributed by atoms with Crippen LogP contribution in [0, 0.1) is 5.82 Å². The van der Waals surface area contributed by atoms with E-state index in [4.69, 9.17) is 4.74 Å². The number of rotatable bonds is 5. The van der Waals surface area contributed by atoms with Crippen LogP contribution in [0.1, 0.15) is 28.8 Å². The summed E-state index contributed by atoms with van der Waals surface area (Å²) in [6, 6.07) is 16.2. The van der Waals surface area contributed by atoms with Crippen molar-refractivity contribution in [2.24, 2.45) is 0 Å². The highest BCUT2D eigenvalue weighted by Gasteiger charge is 2.35. The molecule has 1 saturated heterocycles. The smallest absolute Gasteiger partial charge is 0.255 e. The SMILES string of the molecule is O=C(NCC1(c2cccc(F)c2)CCOCC1)c1cn[nH]c1-c1ccccc1. The molecule has 0 unspecified atom stereocenters. The number of halogens is 1. The molecule has 1 fully saturated rings. The first-order valence-corrected chi connectivity index (χ1v) is 9.39. The van der Waals surface area contributed by atoms with Gasteiger partial charge in [0.25, 0.3) is 5.91 Å². The van der Waals surface area contributed by atoms with E-state index < -0.39 is 0 Å². The Morgan fingerprint density at radius 3 is 2.68 bits per heavy atom. The average molecular weight is 379 g/mol. The maximum Gasteiger partial charge on any atom is 0.255 e. The molecule has 2 heterocycles. The van der Waals surface area contributed by atoms with Crippen molar-refractivity contribution in [1.29, 1.82) is 0 Å². The summed E-state index contributed by atoms with van der Waals surface area (Å²) < 4.78 is 19.3. The maximum atomic E-state index is 13.8. The van der Waals surface area contributed by atoms with Gasteiger partial charge >= 0.3 is 0 Å². The molecule has 0 aliphatic carbocycles. The summed E-state index contributed by atoms with van der Waals surface area (Å²) in [5, 5.41) is 10.0. The Balaban J connectivity index is 1.56. The summed E-state index contributed by atoms with van der Waals surface area (Å²) in [5.74, 6) is -0.467. The lowest BCUT2D eigenvalue weighted by molar-refractivity contribution is 0.0486. The normalized spacial score (nSPS) is 15.9. The molecule has 1 amide bonds. The van der Waals surface area contributed by atoms with Gasteiger partial charge in [-0.2, -0.15) is 5.10 Å². The minimum absolute atomic E-state index is 0.199. The molecule has 0 radical (unpaired) electrons. The number of nitrogens with one attached hydrogen (secondary N) is 2. The van der Waals surface area contributed by atoms with E-state index in [-0.39, 0.29) is 17.1 Å². The lowest BCUT2D eigenvalue weighted by atomic mass is 9.74. The van der Waals surface area contributed by atoms with E-state index in [2.05, 4.69) is 15.5 Å². The van der Waals surface area contributed by atoms with Crippen molar-refractivity contribution in [3.8, 4) is 11.3 Å². The minimum atomic E-state index is -0.341. The van der Waals surface area contributed by atoms with Gasteiger partial charge in [0, 0.05) is 30.7 Å². The second-order valence-electron chi connectivity index (χ2n) is 7.11. The molecule has 5 nitrogen and oxygen atoms in total. The van der Waals surface area contributed by atoms with Crippen LogP contribution < -0.4 is 5.32 Å². The third kappa shape index (κ3) is 3.68. The summed E-state index contributed by atoms with van der Waals surface area (Å²) in [5.41, 5.74) is 2.63. The van der Waals surface area contributed by atoms with Crippen molar-refractivity contribution in [2.75, 3.05) is 19.8 Å². The van der Waals surface area contributed by atoms with Crippen molar-refractivity contribution in [2.45, 2.75) is 18.3 Å². The Kier molecular flexibility index (Phi) is 5.21. The number of benzene rings is 2. The molecule has 0 spiro atoms. The van der Waals surface area contributed by atoms with Crippen LogP contribution in [-0.2, 0) is 10.2 Å². The van der Waals surface area contributed by atoms with Crippen molar-refractivity contribution in [3.63, 3.8) is 0 Å². The summed E-state index contributed by atoms with van der Waals surface area (Å²) in [4.78, 5) is 12.9. The van der Waals surface area contributed by atoms with Crippen LogP contribution in [0.3, 0.4) is 0 Å². The van der Waals surface area contributed by atoms with Gasteiger partial charge in [-0.1, -0.05) is 42.5 Å². The first kappa shape index (κ1) is 18.4. The van der Waals surface area contributed by atoms with Crippen LogP contribution in [0.2, 0.25) is 0 Å². The van der Waals surface area contributed by atoms with Crippen LogP contribution in [0.4, 0.5) is 4.39 Å². The first-order chi connectivity index (χ1) is 13.7. The van der Waals surface area contributed by atoms with Gasteiger partial charge in [0.1, 0.15) is 5.82 Å². The maximum absolute atomic E-state index is 13.8. The number of ether oxygens (including phenoxy) is 1. The number of aromatic amines is 1. The molecule has 4 rings (SSSR count). The van der Waals surface area contributed by atoms with Crippen molar-refractivity contribution in [1.82, 2.24) is 15.5 Å². The largest absolute Gasteiger partial charge is 0.381 e. The van der Waals surface area contributed by atoms with Gasteiger partial charge in [0.05, 0.1) is 17.5 Å². The lowest BCUT2D eigenvalue weighted by Crippen LogP contribution is -2.44. The summed E-state index contributed by atoms with van der Waals surface area (Å²) >= 11 is 0. The zero-order valence-electron chi connectivity index (χ0n) is 15.5. The van der Waals surface area contributed by atoms with Gasteiger partial charge in [-0.3, -0.25) is 9.89 Å². The monoisotopic (exact) mass is 379 g/mol. The second kappa shape index (κ2) is 7.94. The Labute approximate surface area is 162 Å². The van der Waals surface area contributed by atoms with E-state index in [0.29, 0.717) is 31.0 Å². The molecule has 1 aliphatic rings. The fraction of sp³-hybridized carbons (Fsp3) is 0.273. The van der Waals surface area contributed by atoms with Crippen molar-refractivity contribution < 1.29 is 13.9 Å². The Morgan fingerprint density at radius 2 is 1.93 bits per heavy atom. The number of carbonyl (C=O) groups is 1. The van der Waals surface area contributed by atoms with Gasteiger partial charge in [-0.15, -0.1) is 0 Å². The number of nitrogens with zero attached hydrogens (tertiary/aromatic N) is 1. The third-order valence-electron chi connectivity index (χ3n) is 5.42. The Bertz CT molecular complexity index is 949. The van der Waals surface area contributed by atoms with E-state index in [9.17, 15) is 9.18 Å². The van der Waals surface area contributed by atoms with Crippen LogP contribution in [-0.4, -0.2) is 35.9 Å². The average Bonchev–Trinajstić information content (AvgIpc) is 3.23. The van der Waals surface area contributed by atoms with Crippen LogP contribution in [0.15, 0.2) is 60.8 Å². The molecule has 28 heavy (non-hydrogen) atoms. The number of hydrogen-bond acceptors (Lipinski definition) is 3. The molecule has 1 aromatic heterocycles. The fourth-order valence-electron chi connectivity index (χ4n) is 3.78. The van der Waals surface area contributed by atoms with E-state index >= 15 is 0 Å². The zero-order valence-corrected chi connectivity index (χ0v) is 15.5. The predicted molar refractivity (Wildman–Crippen MR) is 104 cm³/mol. The van der Waals surface area contributed by atoms with Gasteiger partial charge in [0.15, 0.2) is 0 Å². The summed E-state index contributed by atoms with van der Waals surface area (Å²) in [7, 11) is 0. The zero-order chi connectivity index (χ0) is 19.4. The standard InChI is InChI=1S/C22H22FN3O2/c23-18-8-4-7-17(13-18)22(9-11-28-12-10-22)15-24-21(27)19-14-25-26-20(19)16-5-2-1-3-6-16/h1-8,13-14H,9-12,15H2,(H,24,27)(H,25,26). The molecule has 144 valence electrons. The summed E-state index contributed by atoms with van der Waals surface area (Å²) in [6.45, 7) is 1.60. The van der Waals surface area contributed by atoms with Crippen LogP contribution >= 0.6 is 0 Å². The molecule has 6 heteroatoms. The van der Waals surface area contributed by atoms with E-state index in [0.717, 1.165) is 24.0 Å². The first-order valence-electron chi connectivity index (χ1n) is 9.39. The second-order valence-corrected chi connectivity index (χ2v) is 7.11. The number of amides is 1. The highest BCUT2D eigenvalue weighted by molar-refractivity contribution is 5.99. The number of H-pyrrole nitrogens is 1. The van der Waals surface area contributed by atoms with E-state index in [1.807, 2.05) is 36.4 Å². The number of aromatic nitrogens is 2. The van der Waals surface area contributed by atoms with Crippen LogP contribution in [0.5, 0.6) is 0 Å². The Morgan fingerprint density at radius 1 is 1.14 bits per heavy atom. The quantitative estimate of drug-likeness (QED) is 0.710. The molecule has 2 aromatic carbocycles. The van der Waals surface area contributed by atoms with Gasteiger partial charge in [-0.05, 0) is 30.5 Å². The molecule has 3 aromatic rings. The van der Waals surface area contributed by atoms with Gasteiger partial charge in [-0.25, -0.2) is 4.39 Å². The van der Waals surface area contributed by atoms with Crippen molar-refractivity contribution >= 4 is 5.91 Å². The van der Waals surface area contributed by atoms with E-state index in [1.54, 1.807) is 12.1 Å². The molecule has 0 saturated carbocycles. The number of hydrogen-bond donors (Lipinski definition) is 2. The molecule has 0 atom stereocenters. The number of carbonyl (C=O) groups excluding carboxylic acids is 1. The predicted octanol–water partition coefficient (Wildman–Crippen LogP) is 3.69. The topological polar surface area (TPSA) is 67.0 Å². The van der Waals surface area contributed by atoms with Gasteiger partial charge in [0.2, 0.25) is 0 Å². The molecule has 2 N–H and O–H groups in total. The molecular formula is C22H22FN3O2. The van der Waals surface area contributed by atoms with Gasteiger partial charge < -0.3 is 10.1 Å².